The first-order valence-corrected chi connectivity index (χ1v) is 14.8. The minimum absolute atomic E-state index is 0.0359. The van der Waals surface area contributed by atoms with Gasteiger partial charge >= 0.3 is 18.0 Å². The van der Waals surface area contributed by atoms with E-state index in [0.717, 1.165) is 4.90 Å². The van der Waals surface area contributed by atoms with Crippen LogP contribution in [-0.4, -0.2) is 82.7 Å². The number of nitrogens with zero attached hydrogens (tertiary/aromatic N) is 1. The summed E-state index contributed by atoms with van der Waals surface area (Å²) >= 11 is 0. The van der Waals surface area contributed by atoms with Gasteiger partial charge in [0.2, 0.25) is 17.7 Å². The molecule has 0 saturated carbocycles. The third-order valence-corrected chi connectivity index (χ3v) is 6.73. The van der Waals surface area contributed by atoms with E-state index in [1.54, 1.807) is 31.2 Å². The lowest BCUT2D eigenvalue weighted by Crippen LogP contribution is -2.53. The number of unbranched alkanes of at least 4 members (excludes halogenated alkanes) is 2. The normalized spacial score (nSPS) is 13.5. The lowest BCUT2D eigenvalue weighted by Gasteiger charge is -2.23. The number of benzene rings is 1. The number of urea groups is 1. The lowest BCUT2D eigenvalue weighted by atomic mass is 10.1. The number of rotatable bonds is 20. The number of carboxylic acids is 1. The summed E-state index contributed by atoms with van der Waals surface area (Å²) in [6.45, 7) is 2.03. The van der Waals surface area contributed by atoms with Crippen molar-refractivity contribution < 1.29 is 48.2 Å². The molecule has 1 heterocycles. The molecule has 7 amide bonds. The number of hydrogen-bond acceptors (Lipinski definition) is 9. The Bertz CT molecular complexity index is 1300. The Morgan fingerprint density at radius 1 is 0.891 bits per heavy atom. The quantitative estimate of drug-likeness (QED) is 0.0650. The Morgan fingerprint density at radius 3 is 2.17 bits per heavy atom. The van der Waals surface area contributed by atoms with Crippen LogP contribution in [0.4, 0.5) is 10.5 Å². The zero-order valence-corrected chi connectivity index (χ0v) is 25.5. The summed E-state index contributed by atoms with van der Waals surface area (Å²) in [6.07, 6.45) is 3.39. The number of ether oxygens (including phenoxy) is 1. The van der Waals surface area contributed by atoms with Crippen molar-refractivity contribution in [1.29, 1.82) is 0 Å². The van der Waals surface area contributed by atoms with Crippen molar-refractivity contribution in [2.75, 3.05) is 18.4 Å². The molecule has 1 aromatic rings. The summed E-state index contributed by atoms with van der Waals surface area (Å²) in [4.78, 5) is 97.0. The van der Waals surface area contributed by atoms with Crippen molar-refractivity contribution in [2.45, 2.75) is 77.0 Å². The number of anilines is 1. The van der Waals surface area contributed by atoms with E-state index in [1.165, 1.54) is 12.2 Å². The number of hydrogen-bond donors (Lipinski definition) is 6. The molecule has 0 fully saturated rings. The predicted molar refractivity (Wildman–Crippen MR) is 162 cm³/mol. The van der Waals surface area contributed by atoms with Gasteiger partial charge in [0.15, 0.2) is 0 Å². The highest BCUT2D eigenvalue weighted by Crippen LogP contribution is 2.13. The predicted octanol–water partition coefficient (Wildman–Crippen LogP) is 0.457. The van der Waals surface area contributed by atoms with E-state index in [-0.39, 0.29) is 51.3 Å². The molecule has 250 valence electrons. The number of aliphatic carboxylic acids is 1. The smallest absolute Gasteiger partial charge is 0.312 e. The van der Waals surface area contributed by atoms with Crippen LogP contribution in [0.3, 0.4) is 0 Å². The van der Waals surface area contributed by atoms with Crippen LogP contribution in [0.1, 0.15) is 63.9 Å². The molecule has 0 radical (unpaired) electrons. The second kappa shape index (κ2) is 19.2. The molecule has 1 aliphatic heterocycles. The maximum Gasteiger partial charge on any atom is 0.312 e. The van der Waals surface area contributed by atoms with E-state index in [4.69, 9.17) is 10.5 Å². The summed E-state index contributed by atoms with van der Waals surface area (Å²) in [5, 5.41) is 19.3. The van der Waals surface area contributed by atoms with Crippen molar-refractivity contribution in [3.05, 3.63) is 42.0 Å². The SMILES string of the molecule is CCC(=O)OCc1ccc(NC(=O)[C@H](CCCNC(N)=O)NC(=O)[C@H](CC(=O)O)NC(=O)CCCCCN2C(=O)C=CC2=O)cc1. The summed E-state index contributed by atoms with van der Waals surface area (Å²) in [5.41, 5.74) is 6.13. The van der Waals surface area contributed by atoms with Gasteiger partial charge in [-0.2, -0.15) is 0 Å². The number of carboxylic acid groups (broad SMARTS) is 1. The number of nitrogens with two attached hydrogens (primary N) is 1. The van der Waals surface area contributed by atoms with Gasteiger partial charge in [-0.1, -0.05) is 25.5 Å². The number of imide groups is 1. The average Bonchev–Trinajstić information content (AvgIpc) is 3.33. The number of carbonyl (C=O) groups excluding carboxylic acids is 7. The van der Waals surface area contributed by atoms with E-state index < -0.39 is 60.0 Å². The molecular weight excluding hydrogens is 604 g/mol. The maximum absolute atomic E-state index is 13.2. The Labute approximate surface area is 265 Å². The first-order valence-electron chi connectivity index (χ1n) is 14.8. The Hall–Kier alpha value is -5.28. The molecular formula is C30H40N6O10. The van der Waals surface area contributed by atoms with E-state index in [9.17, 15) is 43.5 Å². The van der Waals surface area contributed by atoms with Crippen molar-refractivity contribution in [2.24, 2.45) is 5.73 Å². The van der Waals surface area contributed by atoms with Crippen LogP contribution in [0, 0.1) is 0 Å². The molecule has 2 atom stereocenters. The average molecular weight is 645 g/mol. The molecule has 2 rings (SSSR count). The van der Waals surface area contributed by atoms with Crippen LogP contribution in [0.5, 0.6) is 0 Å². The van der Waals surface area contributed by atoms with Crippen molar-refractivity contribution >= 4 is 53.2 Å². The second-order valence-electron chi connectivity index (χ2n) is 10.4. The molecule has 1 aromatic carbocycles. The molecule has 0 unspecified atom stereocenters. The molecule has 0 saturated heterocycles. The van der Waals surface area contributed by atoms with Gasteiger partial charge in [0.25, 0.3) is 11.8 Å². The van der Waals surface area contributed by atoms with E-state index in [2.05, 4.69) is 21.3 Å². The number of carbonyl (C=O) groups is 8. The van der Waals surface area contributed by atoms with Gasteiger partial charge in [-0.05, 0) is 43.4 Å². The van der Waals surface area contributed by atoms with Gasteiger partial charge in [0, 0.05) is 43.8 Å². The van der Waals surface area contributed by atoms with Crippen LogP contribution >= 0.6 is 0 Å². The van der Waals surface area contributed by atoms with Crippen molar-refractivity contribution in [3.63, 3.8) is 0 Å². The highest BCUT2D eigenvalue weighted by atomic mass is 16.5. The first kappa shape index (κ1) is 36.9. The molecule has 1 aliphatic rings. The highest BCUT2D eigenvalue weighted by molar-refractivity contribution is 6.12. The number of primary amides is 1. The summed E-state index contributed by atoms with van der Waals surface area (Å²) < 4.78 is 5.08. The minimum Gasteiger partial charge on any atom is -0.481 e. The Balaban J connectivity index is 1.97. The van der Waals surface area contributed by atoms with Gasteiger partial charge in [-0.25, -0.2) is 4.79 Å². The fourth-order valence-corrected chi connectivity index (χ4v) is 4.27. The Kier molecular flexibility index (Phi) is 15.4. The Morgan fingerprint density at radius 2 is 1.57 bits per heavy atom. The lowest BCUT2D eigenvalue weighted by molar-refractivity contribution is -0.144. The molecule has 7 N–H and O–H groups in total. The minimum atomic E-state index is -1.49. The summed E-state index contributed by atoms with van der Waals surface area (Å²) in [6, 6.07) is 3.01. The van der Waals surface area contributed by atoms with Crippen LogP contribution < -0.4 is 27.0 Å². The summed E-state index contributed by atoms with van der Waals surface area (Å²) in [5.74, 6) is -4.63. The fraction of sp³-hybridized carbons (Fsp3) is 0.467. The third kappa shape index (κ3) is 13.6. The van der Waals surface area contributed by atoms with Gasteiger partial charge in [-0.3, -0.25) is 38.5 Å². The van der Waals surface area contributed by atoms with Gasteiger partial charge < -0.3 is 36.8 Å². The van der Waals surface area contributed by atoms with E-state index in [0.29, 0.717) is 30.5 Å². The first-order chi connectivity index (χ1) is 21.9. The second-order valence-corrected chi connectivity index (χ2v) is 10.4. The van der Waals surface area contributed by atoms with Crippen molar-refractivity contribution in [1.82, 2.24) is 20.9 Å². The zero-order valence-electron chi connectivity index (χ0n) is 25.5. The van der Waals surface area contributed by atoms with Gasteiger partial charge in [-0.15, -0.1) is 0 Å². The van der Waals surface area contributed by atoms with E-state index >= 15 is 0 Å². The third-order valence-electron chi connectivity index (χ3n) is 6.73. The molecule has 16 heteroatoms. The molecule has 0 bridgehead atoms. The largest absolute Gasteiger partial charge is 0.481 e. The van der Waals surface area contributed by atoms with Crippen LogP contribution in [0.2, 0.25) is 0 Å². The van der Waals surface area contributed by atoms with E-state index in [1.807, 2.05) is 0 Å². The molecule has 46 heavy (non-hydrogen) atoms. The molecule has 0 aliphatic carbocycles. The monoisotopic (exact) mass is 644 g/mol. The number of amides is 7. The van der Waals surface area contributed by atoms with Crippen molar-refractivity contribution in [3.8, 4) is 0 Å². The number of esters is 1. The van der Waals surface area contributed by atoms with Gasteiger partial charge in [0.05, 0.1) is 6.42 Å². The summed E-state index contributed by atoms with van der Waals surface area (Å²) in [7, 11) is 0. The van der Waals surface area contributed by atoms with Gasteiger partial charge in [0.1, 0.15) is 18.7 Å². The maximum atomic E-state index is 13.2. The van der Waals surface area contributed by atoms with Crippen LogP contribution in [-0.2, 0) is 44.9 Å². The number of nitrogens with one attached hydrogen (secondary N) is 4. The topological polar surface area (TPSA) is 243 Å². The van der Waals surface area contributed by atoms with Crippen LogP contribution in [0.15, 0.2) is 36.4 Å². The standard InChI is InChI=1S/C30H40N6O10/c1-2-27(42)46-18-19-9-11-20(12-10-19)33-28(43)21(7-6-15-32-30(31)45)35-29(44)22(17-26(40)41)34-23(37)8-4-3-5-16-36-24(38)13-14-25(36)39/h9-14,21-22H,2-8,15-18H2,1H3,(H,33,43)(H,34,37)(H,35,44)(H,40,41)(H3,31,32,45)/t21-,22-/m0/s1. The zero-order chi connectivity index (χ0) is 34.1. The van der Waals surface area contributed by atoms with Crippen LogP contribution in [0.25, 0.3) is 0 Å². The fourth-order valence-electron chi connectivity index (χ4n) is 4.27. The highest BCUT2D eigenvalue weighted by Gasteiger charge is 2.28. The molecule has 16 nitrogen and oxygen atoms in total. The molecule has 0 spiro atoms. The molecule has 0 aromatic heterocycles.